The molecule has 0 amide bonds. The van der Waals surface area contributed by atoms with Gasteiger partial charge in [0.05, 0.1) is 12.5 Å². The summed E-state index contributed by atoms with van der Waals surface area (Å²) in [6.45, 7) is 4.99. The van der Waals surface area contributed by atoms with E-state index in [0.29, 0.717) is 36.8 Å². The maximum absolute atomic E-state index is 12.8. The first-order valence-electron chi connectivity index (χ1n) is 6.55. The Hall–Kier alpha value is -0.560. The summed E-state index contributed by atoms with van der Waals surface area (Å²) >= 11 is 5.88. The molecule has 1 aliphatic heterocycles. The molecule has 0 saturated carbocycles. The Morgan fingerprint density at radius 2 is 2.10 bits per heavy atom. The Kier molecular flexibility index (Phi) is 4.79. The molecule has 1 unspecified atom stereocenters. The number of sulfonamides is 1. The zero-order chi connectivity index (χ0) is 14.9. The molecule has 0 aromatic carbocycles. The highest BCUT2D eigenvalue weighted by Gasteiger charge is 2.36. The topological polar surface area (TPSA) is 59.8 Å². The first-order valence-corrected chi connectivity index (χ1v) is 8.53. The second-order valence-electron chi connectivity index (χ2n) is 5.13. The summed E-state index contributed by atoms with van der Waals surface area (Å²) < 4.78 is 37.6. The van der Waals surface area contributed by atoms with Crippen LogP contribution in [0.15, 0.2) is 9.31 Å². The average Bonchev–Trinajstić information content (AvgIpc) is 2.94. The molecule has 0 N–H and O–H groups in total. The zero-order valence-electron chi connectivity index (χ0n) is 12.0. The van der Waals surface area contributed by atoms with Gasteiger partial charge < -0.3 is 9.15 Å². The predicted molar refractivity (Wildman–Crippen MR) is 76.5 cm³/mol. The molecule has 1 saturated heterocycles. The van der Waals surface area contributed by atoms with E-state index in [4.69, 9.17) is 20.8 Å². The van der Waals surface area contributed by atoms with Gasteiger partial charge in [-0.25, -0.2) is 8.42 Å². The summed E-state index contributed by atoms with van der Waals surface area (Å²) in [5, 5.41) is 0. The van der Waals surface area contributed by atoms with Crippen molar-refractivity contribution in [3.05, 3.63) is 17.1 Å². The Bertz CT molecular complexity index is 581. The molecule has 1 atom stereocenters. The summed E-state index contributed by atoms with van der Waals surface area (Å²) in [6, 6.07) is 0. The first kappa shape index (κ1) is 15.8. The van der Waals surface area contributed by atoms with Crippen molar-refractivity contribution in [2.45, 2.75) is 31.0 Å². The molecule has 1 fully saturated rings. The molecule has 1 aromatic rings. The molecule has 1 aromatic heterocycles. The van der Waals surface area contributed by atoms with Crippen LogP contribution in [0.2, 0.25) is 0 Å². The quantitative estimate of drug-likeness (QED) is 0.781. The number of alkyl halides is 1. The molecule has 2 rings (SSSR count). The molecule has 5 nitrogen and oxygen atoms in total. The van der Waals surface area contributed by atoms with Crippen molar-refractivity contribution in [2.75, 3.05) is 26.8 Å². The van der Waals surface area contributed by atoms with Crippen molar-refractivity contribution in [1.29, 1.82) is 0 Å². The number of nitrogens with zero attached hydrogens (tertiary/aromatic N) is 1. The van der Waals surface area contributed by atoms with Crippen LogP contribution in [-0.4, -0.2) is 39.5 Å². The van der Waals surface area contributed by atoms with Gasteiger partial charge in [-0.2, -0.15) is 4.31 Å². The van der Waals surface area contributed by atoms with Crippen LogP contribution in [0.5, 0.6) is 0 Å². The Morgan fingerprint density at radius 3 is 2.70 bits per heavy atom. The van der Waals surface area contributed by atoms with Gasteiger partial charge in [-0.15, -0.1) is 11.6 Å². The number of aryl methyl sites for hydroxylation is 2. The Labute approximate surface area is 124 Å². The van der Waals surface area contributed by atoms with Crippen LogP contribution in [0.1, 0.15) is 23.5 Å². The molecule has 20 heavy (non-hydrogen) atoms. The molecule has 0 bridgehead atoms. The van der Waals surface area contributed by atoms with E-state index in [1.807, 2.05) is 0 Å². The van der Waals surface area contributed by atoms with Gasteiger partial charge in [0.15, 0.2) is 0 Å². The predicted octanol–water partition coefficient (Wildman–Crippen LogP) is 2.29. The van der Waals surface area contributed by atoms with Crippen molar-refractivity contribution in [3.8, 4) is 0 Å². The number of halogens is 1. The second-order valence-corrected chi connectivity index (χ2v) is 7.27. The number of hydrogen-bond donors (Lipinski definition) is 0. The number of methoxy groups -OCH3 is 1. The maximum atomic E-state index is 12.8. The highest BCUT2D eigenvalue weighted by molar-refractivity contribution is 7.89. The van der Waals surface area contributed by atoms with E-state index in [1.54, 1.807) is 21.0 Å². The lowest BCUT2D eigenvalue weighted by atomic mass is 10.1. The zero-order valence-corrected chi connectivity index (χ0v) is 13.6. The lowest BCUT2D eigenvalue weighted by molar-refractivity contribution is 0.157. The van der Waals surface area contributed by atoms with E-state index < -0.39 is 10.0 Å². The third-order valence-corrected chi connectivity index (χ3v) is 6.04. The molecular weight excluding hydrogens is 302 g/mol. The summed E-state index contributed by atoms with van der Waals surface area (Å²) in [6.07, 6.45) is 0.819. The molecule has 114 valence electrons. The lowest BCUT2D eigenvalue weighted by Crippen LogP contribution is -2.30. The first-order chi connectivity index (χ1) is 9.41. The smallest absolute Gasteiger partial charge is 0.246 e. The van der Waals surface area contributed by atoms with Crippen LogP contribution < -0.4 is 0 Å². The number of rotatable bonds is 5. The largest absolute Gasteiger partial charge is 0.465 e. The van der Waals surface area contributed by atoms with Crippen molar-refractivity contribution in [1.82, 2.24) is 4.31 Å². The standard InChI is InChI=1S/C13H20ClNO4S/c1-9-12(6-14)13(10(2)19-9)20(16,17)15-5-4-11(7-15)8-18-3/h11H,4-8H2,1-3H3. The van der Waals surface area contributed by atoms with E-state index in [2.05, 4.69) is 0 Å². The molecule has 2 heterocycles. The summed E-state index contributed by atoms with van der Waals surface area (Å²) in [5.74, 6) is 1.37. The highest BCUT2D eigenvalue weighted by Crippen LogP contribution is 2.32. The van der Waals surface area contributed by atoms with E-state index in [1.165, 1.54) is 4.31 Å². The lowest BCUT2D eigenvalue weighted by Gasteiger charge is -2.17. The summed E-state index contributed by atoms with van der Waals surface area (Å²) in [5.41, 5.74) is 0.569. The Balaban J connectivity index is 2.32. The number of ether oxygens (including phenoxy) is 1. The fraction of sp³-hybridized carbons (Fsp3) is 0.692. The minimum atomic E-state index is -3.54. The van der Waals surface area contributed by atoms with Crippen molar-refractivity contribution in [2.24, 2.45) is 5.92 Å². The average molecular weight is 322 g/mol. The normalized spacial score (nSPS) is 20.7. The molecular formula is C13H20ClNO4S. The van der Waals surface area contributed by atoms with Gasteiger partial charge in [-0.05, 0) is 26.2 Å². The van der Waals surface area contributed by atoms with Crippen molar-refractivity contribution >= 4 is 21.6 Å². The van der Waals surface area contributed by atoms with Gasteiger partial charge in [0.2, 0.25) is 10.0 Å². The maximum Gasteiger partial charge on any atom is 0.246 e. The van der Waals surface area contributed by atoms with E-state index in [0.717, 1.165) is 6.42 Å². The van der Waals surface area contributed by atoms with E-state index in [-0.39, 0.29) is 16.7 Å². The van der Waals surface area contributed by atoms with E-state index >= 15 is 0 Å². The summed E-state index contributed by atoms with van der Waals surface area (Å²) in [7, 11) is -1.91. The molecule has 0 spiro atoms. The van der Waals surface area contributed by atoms with Crippen LogP contribution in [-0.2, 0) is 20.6 Å². The van der Waals surface area contributed by atoms with Gasteiger partial charge >= 0.3 is 0 Å². The van der Waals surface area contributed by atoms with Crippen molar-refractivity contribution in [3.63, 3.8) is 0 Å². The van der Waals surface area contributed by atoms with Crippen LogP contribution in [0.4, 0.5) is 0 Å². The van der Waals surface area contributed by atoms with Crippen LogP contribution in [0, 0.1) is 19.8 Å². The molecule has 7 heteroatoms. The third-order valence-electron chi connectivity index (χ3n) is 3.71. The highest BCUT2D eigenvalue weighted by atomic mass is 35.5. The van der Waals surface area contributed by atoms with Crippen LogP contribution in [0.25, 0.3) is 0 Å². The summed E-state index contributed by atoms with van der Waals surface area (Å²) in [4.78, 5) is 0.239. The molecule has 0 radical (unpaired) electrons. The van der Waals surface area contributed by atoms with Crippen LogP contribution >= 0.6 is 11.6 Å². The van der Waals surface area contributed by atoms with Gasteiger partial charge in [-0.1, -0.05) is 0 Å². The van der Waals surface area contributed by atoms with Gasteiger partial charge in [0.1, 0.15) is 16.4 Å². The number of furan rings is 1. The minimum absolute atomic E-state index is 0.132. The fourth-order valence-electron chi connectivity index (χ4n) is 2.72. The van der Waals surface area contributed by atoms with Gasteiger partial charge in [0, 0.05) is 25.8 Å². The SMILES string of the molecule is COCC1CCN(S(=O)(=O)c2c(C)oc(C)c2CCl)C1. The van der Waals surface area contributed by atoms with Crippen LogP contribution in [0.3, 0.4) is 0 Å². The minimum Gasteiger partial charge on any atom is -0.465 e. The van der Waals surface area contributed by atoms with Gasteiger partial charge in [0.25, 0.3) is 0 Å². The molecule has 1 aliphatic rings. The number of hydrogen-bond acceptors (Lipinski definition) is 4. The van der Waals surface area contributed by atoms with Gasteiger partial charge in [-0.3, -0.25) is 0 Å². The fourth-order valence-corrected chi connectivity index (χ4v) is 5.06. The Morgan fingerprint density at radius 1 is 1.40 bits per heavy atom. The second kappa shape index (κ2) is 6.05. The molecule has 0 aliphatic carbocycles. The van der Waals surface area contributed by atoms with E-state index in [9.17, 15) is 8.42 Å². The van der Waals surface area contributed by atoms with Crippen molar-refractivity contribution < 1.29 is 17.6 Å². The monoisotopic (exact) mass is 321 g/mol. The third kappa shape index (κ3) is 2.74.